The summed E-state index contributed by atoms with van der Waals surface area (Å²) in [6.07, 6.45) is -5.64. The summed E-state index contributed by atoms with van der Waals surface area (Å²) in [5, 5.41) is 2.42. The second kappa shape index (κ2) is 9.72. The molecule has 1 aliphatic rings. The van der Waals surface area contributed by atoms with Crippen LogP contribution in [0.2, 0.25) is 0 Å². The molecule has 1 saturated heterocycles. The highest BCUT2D eigenvalue weighted by Gasteiger charge is 2.31. The quantitative estimate of drug-likeness (QED) is 0.498. The third-order valence-corrected chi connectivity index (χ3v) is 4.69. The van der Waals surface area contributed by atoms with Gasteiger partial charge in [-0.3, -0.25) is 19.3 Å². The zero-order valence-electron chi connectivity index (χ0n) is 17.3. The van der Waals surface area contributed by atoms with Crippen LogP contribution in [0.3, 0.4) is 0 Å². The number of nitrogens with zero attached hydrogens (tertiary/aromatic N) is 1. The van der Waals surface area contributed by atoms with Crippen molar-refractivity contribution < 1.29 is 41.8 Å². The summed E-state index contributed by atoms with van der Waals surface area (Å²) in [7, 11) is 0. The van der Waals surface area contributed by atoms with E-state index in [1.807, 2.05) is 0 Å². The van der Waals surface area contributed by atoms with Crippen LogP contribution in [0.4, 0.5) is 18.9 Å². The van der Waals surface area contributed by atoms with Gasteiger partial charge in [0.2, 0.25) is 11.8 Å². The lowest BCUT2D eigenvalue weighted by atomic mass is 10.1. The molecule has 0 radical (unpaired) electrons. The molecular weight excluding hydrogens is 445 g/mol. The van der Waals surface area contributed by atoms with Gasteiger partial charge >= 0.3 is 12.3 Å². The molecule has 2 aromatic carbocycles. The van der Waals surface area contributed by atoms with Crippen molar-refractivity contribution in [2.75, 3.05) is 5.32 Å². The van der Waals surface area contributed by atoms with Crippen LogP contribution in [0, 0.1) is 0 Å². The summed E-state index contributed by atoms with van der Waals surface area (Å²) in [6.45, 7) is 1.45. The Morgan fingerprint density at radius 3 is 2.12 bits per heavy atom. The van der Waals surface area contributed by atoms with Crippen LogP contribution >= 0.6 is 0 Å². The predicted molar refractivity (Wildman–Crippen MR) is 108 cm³/mol. The Hall–Kier alpha value is -3.89. The number of esters is 1. The summed E-state index contributed by atoms with van der Waals surface area (Å²) in [5.74, 6) is -2.39. The number of carbonyl (C=O) groups excluding carboxylic acids is 4. The number of benzene rings is 2. The lowest BCUT2D eigenvalue weighted by Crippen LogP contribution is -2.30. The average Bonchev–Trinajstić information content (AvgIpc) is 3.06. The molecule has 1 unspecified atom stereocenters. The molecule has 0 aromatic heterocycles. The predicted octanol–water partition coefficient (Wildman–Crippen LogP) is 3.42. The molecule has 0 aliphatic carbocycles. The molecule has 1 atom stereocenters. The van der Waals surface area contributed by atoms with Crippen molar-refractivity contribution in [3.8, 4) is 5.75 Å². The van der Waals surface area contributed by atoms with Crippen LogP contribution in [0.15, 0.2) is 48.5 Å². The standard InChI is InChI=1S/C22H19F3N2O6/c1-13(20(30)26-16-6-8-17(9-7-16)33-22(23,24)25)32-21(31)15-4-2-14(3-5-15)12-27-18(28)10-11-19(27)29/h2-9,13H,10-12H2,1H3,(H,26,30). The lowest BCUT2D eigenvalue weighted by molar-refractivity contribution is -0.274. The lowest BCUT2D eigenvalue weighted by Gasteiger charge is -2.15. The fourth-order valence-corrected chi connectivity index (χ4v) is 2.99. The monoisotopic (exact) mass is 464 g/mol. The Balaban J connectivity index is 1.52. The minimum atomic E-state index is -4.82. The first-order valence-electron chi connectivity index (χ1n) is 9.81. The summed E-state index contributed by atoms with van der Waals surface area (Å²) in [5.41, 5.74) is 0.998. The second-order valence-corrected chi connectivity index (χ2v) is 7.18. The maximum Gasteiger partial charge on any atom is 0.573 e. The van der Waals surface area contributed by atoms with Crippen molar-refractivity contribution in [2.45, 2.75) is 38.8 Å². The van der Waals surface area contributed by atoms with Crippen LogP contribution in [-0.2, 0) is 25.7 Å². The van der Waals surface area contributed by atoms with Gasteiger partial charge < -0.3 is 14.8 Å². The van der Waals surface area contributed by atoms with Crippen LogP contribution in [-0.4, -0.2) is 41.1 Å². The number of imide groups is 1. The topological polar surface area (TPSA) is 102 Å². The molecule has 3 amide bonds. The molecule has 1 aliphatic heterocycles. The van der Waals surface area contributed by atoms with Crippen molar-refractivity contribution in [3.05, 3.63) is 59.7 Å². The van der Waals surface area contributed by atoms with Gasteiger partial charge in [0.05, 0.1) is 12.1 Å². The van der Waals surface area contributed by atoms with Gasteiger partial charge in [-0.25, -0.2) is 4.79 Å². The number of hydrogen-bond donors (Lipinski definition) is 1. The number of rotatable bonds is 7. The highest BCUT2D eigenvalue weighted by Crippen LogP contribution is 2.24. The van der Waals surface area contributed by atoms with Gasteiger partial charge in [-0.05, 0) is 48.9 Å². The molecule has 3 rings (SSSR count). The molecule has 1 N–H and O–H groups in total. The second-order valence-electron chi connectivity index (χ2n) is 7.18. The Morgan fingerprint density at radius 2 is 1.58 bits per heavy atom. The summed E-state index contributed by atoms with van der Waals surface area (Å²) < 4.78 is 45.5. The maximum absolute atomic E-state index is 12.3. The summed E-state index contributed by atoms with van der Waals surface area (Å²) >= 11 is 0. The van der Waals surface area contributed by atoms with Gasteiger partial charge in [0.15, 0.2) is 6.10 Å². The first-order valence-corrected chi connectivity index (χ1v) is 9.81. The molecule has 1 heterocycles. The van der Waals surface area contributed by atoms with E-state index in [0.29, 0.717) is 5.56 Å². The molecule has 0 bridgehead atoms. The molecule has 174 valence electrons. The number of halogens is 3. The SMILES string of the molecule is CC(OC(=O)c1ccc(CN2C(=O)CCC2=O)cc1)C(=O)Nc1ccc(OC(F)(F)F)cc1. The van der Waals surface area contributed by atoms with Crippen LogP contribution in [0.1, 0.15) is 35.7 Å². The van der Waals surface area contributed by atoms with E-state index in [9.17, 15) is 32.3 Å². The smallest absolute Gasteiger partial charge is 0.449 e. The van der Waals surface area contributed by atoms with Gasteiger partial charge in [0.25, 0.3) is 5.91 Å². The van der Waals surface area contributed by atoms with E-state index < -0.39 is 30.1 Å². The number of amides is 3. The Labute approximate surface area is 186 Å². The third-order valence-electron chi connectivity index (χ3n) is 4.69. The number of carbonyl (C=O) groups is 4. The number of nitrogens with one attached hydrogen (secondary N) is 1. The number of anilines is 1. The van der Waals surface area contributed by atoms with Gasteiger partial charge in [-0.1, -0.05) is 12.1 Å². The molecular formula is C22H19F3N2O6. The average molecular weight is 464 g/mol. The van der Waals surface area contributed by atoms with E-state index in [1.165, 1.54) is 31.2 Å². The van der Waals surface area contributed by atoms with Crippen molar-refractivity contribution in [2.24, 2.45) is 0 Å². The van der Waals surface area contributed by atoms with Crippen molar-refractivity contribution >= 4 is 29.4 Å². The summed E-state index contributed by atoms with van der Waals surface area (Å²) in [4.78, 5) is 49.1. The van der Waals surface area contributed by atoms with Crippen LogP contribution in [0.25, 0.3) is 0 Å². The molecule has 11 heteroatoms. The van der Waals surface area contributed by atoms with E-state index in [4.69, 9.17) is 4.74 Å². The molecule has 8 nitrogen and oxygen atoms in total. The van der Waals surface area contributed by atoms with E-state index in [1.54, 1.807) is 12.1 Å². The molecule has 2 aromatic rings. The molecule has 1 fully saturated rings. The van der Waals surface area contributed by atoms with Gasteiger partial charge in [0.1, 0.15) is 5.75 Å². The van der Waals surface area contributed by atoms with Crippen molar-refractivity contribution in [3.63, 3.8) is 0 Å². The largest absolute Gasteiger partial charge is 0.573 e. The number of hydrogen-bond acceptors (Lipinski definition) is 6. The normalized spacial score (nSPS) is 14.7. The number of likely N-dealkylation sites (tertiary alicyclic amines) is 1. The van der Waals surface area contributed by atoms with Gasteiger partial charge in [-0.2, -0.15) is 0 Å². The number of alkyl halides is 3. The van der Waals surface area contributed by atoms with Crippen LogP contribution in [0.5, 0.6) is 5.75 Å². The van der Waals surface area contributed by atoms with E-state index >= 15 is 0 Å². The fourth-order valence-electron chi connectivity index (χ4n) is 2.99. The fraction of sp³-hybridized carbons (Fsp3) is 0.273. The first kappa shape index (κ1) is 23.8. The minimum absolute atomic E-state index is 0.110. The Kier molecular flexibility index (Phi) is 7.00. The highest BCUT2D eigenvalue weighted by atomic mass is 19.4. The number of ether oxygens (including phenoxy) is 2. The van der Waals surface area contributed by atoms with Gasteiger partial charge in [-0.15, -0.1) is 13.2 Å². The zero-order valence-corrected chi connectivity index (χ0v) is 17.3. The first-order chi connectivity index (χ1) is 15.5. The Bertz CT molecular complexity index is 1040. The molecule has 33 heavy (non-hydrogen) atoms. The molecule has 0 spiro atoms. The third kappa shape index (κ3) is 6.55. The van der Waals surface area contributed by atoms with Crippen LogP contribution < -0.4 is 10.1 Å². The van der Waals surface area contributed by atoms with E-state index in [2.05, 4.69) is 10.1 Å². The van der Waals surface area contributed by atoms with Gasteiger partial charge in [0, 0.05) is 18.5 Å². The summed E-state index contributed by atoms with van der Waals surface area (Å²) in [6, 6.07) is 10.5. The minimum Gasteiger partial charge on any atom is -0.449 e. The zero-order chi connectivity index (χ0) is 24.2. The van der Waals surface area contributed by atoms with E-state index in [0.717, 1.165) is 17.0 Å². The van der Waals surface area contributed by atoms with Crippen molar-refractivity contribution in [1.29, 1.82) is 0 Å². The highest BCUT2D eigenvalue weighted by molar-refractivity contribution is 6.02. The van der Waals surface area contributed by atoms with Crippen molar-refractivity contribution in [1.82, 2.24) is 4.90 Å². The Morgan fingerprint density at radius 1 is 1.00 bits per heavy atom. The molecule has 0 saturated carbocycles. The van der Waals surface area contributed by atoms with E-state index in [-0.39, 0.29) is 42.5 Å². The maximum atomic E-state index is 12.3.